The van der Waals surface area contributed by atoms with Gasteiger partial charge in [-0.3, -0.25) is 0 Å². The third-order valence-corrected chi connectivity index (χ3v) is 3.18. The first kappa shape index (κ1) is 13.1. The van der Waals surface area contributed by atoms with E-state index in [1.807, 2.05) is 31.2 Å². The molecule has 1 atom stereocenters. The van der Waals surface area contributed by atoms with Crippen LogP contribution in [0.1, 0.15) is 18.5 Å². The summed E-state index contributed by atoms with van der Waals surface area (Å²) in [6.45, 7) is 1.88. The lowest BCUT2D eigenvalue weighted by Crippen LogP contribution is -2.06. The monoisotopic (exact) mass is 309 g/mol. The fourth-order valence-electron chi connectivity index (χ4n) is 1.62. The Hall–Kier alpha value is -1.39. The molecule has 0 bridgehead atoms. The number of rotatable bonds is 3. The van der Waals surface area contributed by atoms with E-state index >= 15 is 0 Å². The summed E-state index contributed by atoms with van der Waals surface area (Å²) < 4.78 is 19.6. The molecule has 2 nitrogen and oxygen atoms in total. The Bertz CT molecular complexity index is 557. The molecule has 2 aromatic carbocycles. The first-order valence-electron chi connectivity index (χ1n) is 5.55. The van der Waals surface area contributed by atoms with Crippen molar-refractivity contribution in [3.05, 3.63) is 58.3 Å². The molecule has 0 fully saturated rings. The van der Waals surface area contributed by atoms with Crippen molar-refractivity contribution in [3.63, 3.8) is 0 Å². The van der Waals surface area contributed by atoms with Gasteiger partial charge < -0.3 is 10.5 Å². The van der Waals surface area contributed by atoms with Crippen molar-refractivity contribution in [3.8, 4) is 11.5 Å². The van der Waals surface area contributed by atoms with E-state index in [0.29, 0.717) is 16.0 Å². The third kappa shape index (κ3) is 2.89. The van der Waals surface area contributed by atoms with E-state index in [9.17, 15) is 4.39 Å². The molecular formula is C14H13BrFNO. The molecule has 0 saturated carbocycles. The molecule has 0 aliphatic rings. The Kier molecular flexibility index (Phi) is 3.99. The maximum Gasteiger partial charge on any atom is 0.144 e. The van der Waals surface area contributed by atoms with Crippen LogP contribution in [0.5, 0.6) is 11.5 Å². The van der Waals surface area contributed by atoms with Gasteiger partial charge in [0.2, 0.25) is 0 Å². The van der Waals surface area contributed by atoms with Crippen molar-refractivity contribution < 1.29 is 9.13 Å². The molecule has 0 aliphatic carbocycles. The average molecular weight is 310 g/mol. The van der Waals surface area contributed by atoms with E-state index in [2.05, 4.69) is 15.9 Å². The molecule has 0 saturated heterocycles. The number of nitrogens with two attached hydrogens (primary N) is 1. The van der Waals surface area contributed by atoms with Gasteiger partial charge in [-0.15, -0.1) is 0 Å². The van der Waals surface area contributed by atoms with E-state index in [1.54, 1.807) is 6.07 Å². The minimum atomic E-state index is -0.341. The number of halogens is 2. The highest BCUT2D eigenvalue weighted by Gasteiger charge is 2.10. The van der Waals surface area contributed by atoms with Crippen LogP contribution in [0.3, 0.4) is 0 Å². The summed E-state index contributed by atoms with van der Waals surface area (Å²) in [5, 5.41) is 0. The molecule has 0 unspecified atom stereocenters. The number of ether oxygens (including phenoxy) is 1. The largest absolute Gasteiger partial charge is 0.456 e. The van der Waals surface area contributed by atoms with Crippen LogP contribution in [-0.4, -0.2) is 0 Å². The Morgan fingerprint density at radius 2 is 1.89 bits per heavy atom. The summed E-state index contributed by atoms with van der Waals surface area (Å²) in [7, 11) is 0. The molecular weight excluding hydrogens is 297 g/mol. The minimum Gasteiger partial charge on any atom is -0.456 e. The molecule has 94 valence electrons. The highest BCUT2D eigenvalue weighted by atomic mass is 79.9. The van der Waals surface area contributed by atoms with Gasteiger partial charge in [-0.05, 0) is 41.1 Å². The predicted octanol–water partition coefficient (Wildman–Crippen LogP) is 4.40. The lowest BCUT2D eigenvalue weighted by atomic mass is 10.1. The molecule has 0 spiro atoms. The second-order valence-corrected chi connectivity index (χ2v) is 4.86. The van der Waals surface area contributed by atoms with Gasteiger partial charge in [0.05, 0.1) is 4.47 Å². The summed E-state index contributed by atoms with van der Waals surface area (Å²) in [6.07, 6.45) is 0. The number of benzene rings is 2. The van der Waals surface area contributed by atoms with Crippen molar-refractivity contribution in [2.75, 3.05) is 0 Å². The first-order valence-corrected chi connectivity index (χ1v) is 6.34. The molecule has 0 heterocycles. The normalized spacial score (nSPS) is 12.2. The summed E-state index contributed by atoms with van der Waals surface area (Å²) >= 11 is 3.33. The zero-order valence-corrected chi connectivity index (χ0v) is 11.4. The number of hydrogen-bond acceptors (Lipinski definition) is 2. The topological polar surface area (TPSA) is 35.2 Å². The maximum absolute atomic E-state index is 13.2. The zero-order valence-electron chi connectivity index (χ0n) is 9.86. The van der Waals surface area contributed by atoms with Crippen LogP contribution >= 0.6 is 15.9 Å². The Labute approximate surface area is 114 Å². The van der Waals surface area contributed by atoms with E-state index in [4.69, 9.17) is 10.5 Å². The summed E-state index contributed by atoms with van der Waals surface area (Å²) in [4.78, 5) is 0. The van der Waals surface area contributed by atoms with Gasteiger partial charge in [-0.2, -0.15) is 0 Å². The van der Waals surface area contributed by atoms with Gasteiger partial charge in [0, 0.05) is 17.7 Å². The predicted molar refractivity (Wildman–Crippen MR) is 73.2 cm³/mol. The molecule has 18 heavy (non-hydrogen) atoms. The van der Waals surface area contributed by atoms with Crippen LogP contribution in [-0.2, 0) is 0 Å². The van der Waals surface area contributed by atoms with Crippen molar-refractivity contribution in [2.24, 2.45) is 5.73 Å². The van der Waals surface area contributed by atoms with Gasteiger partial charge in [0.15, 0.2) is 0 Å². The van der Waals surface area contributed by atoms with Gasteiger partial charge in [0.1, 0.15) is 17.3 Å². The van der Waals surface area contributed by atoms with E-state index in [0.717, 1.165) is 5.56 Å². The van der Waals surface area contributed by atoms with Gasteiger partial charge >= 0.3 is 0 Å². The number of para-hydroxylation sites is 1. The summed E-state index contributed by atoms with van der Waals surface area (Å²) in [6, 6.07) is 11.6. The van der Waals surface area contributed by atoms with Crippen LogP contribution in [0.2, 0.25) is 0 Å². The fraction of sp³-hybridized carbons (Fsp3) is 0.143. The van der Waals surface area contributed by atoms with Crippen molar-refractivity contribution >= 4 is 15.9 Å². The molecule has 0 aromatic heterocycles. The third-order valence-electron chi connectivity index (χ3n) is 2.52. The van der Waals surface area contributed by atoms with Crippen LogP contribution in [0.15, 0.2) is 46.9 Å². The fourth-order valence-corrected chi connectivity index (χ4v) is 1.95. The number of hydrogen-bond donors (Lipinski definition) is 1. The second-order valence-electron chi connectivity index (χ2n) is 4.00. The molecule has 0 amide bonds. The van der Waals surface area contributed by atoms with Crippen LogP contribution < -0.4 is 10.5 Å². The molecule has 0 radical (unpaired) electrons. The van der Waals surface area contributed by atoms with Crippen LogP contribution in [0.25, 0.3) is 0 Å². The molecule has 2 aromatic rings. The standard InChI is InChI=1S/C14H13BrFNO/c1-9(17)11-4-2-3-5-13(11)18-14-8-10(16)6-7-12(14)15/h2-9H,17H2,1H3/t9-/m1/s1. The lowest BCUT2D eigenvalue weighted by molar-refractivity contribution is 0.464. The lowest BCUT2D eigenvalue weighted by Gasteiger charge is -2.14. The smallest absolute Gasteiger partial charge is 0.144 e. The quantitative estimate of drug-likeness (QED) is 0.912. The van der Waals surface area contributed by atoms with Crippen molar-refractivity contribution in [1.82, 2.24) is 0 Å². The van der Waals surface area contributed by atoms with E-state index < -0.39 is 0 Å². The van der Waals surface area contributed by atoms with Crippen LogP contribution in [0, 0.1) is 5.82 Å². The highest BCUT2D eigenvalue weighted by molar-refractivity contribution is 9.10. The van der Waals surface area contributed by atoms with Gasteiger partial charge in [-0.1, -0.05) is 18.2 Å². The Morgan fingerprint density at radius 1 is 1.17 bits per heavy atom. The highest BCUT2D eigenvalue weighted by Crippen LogP contribution is 2.33. The Balaban J connectivity index is 2.37. The second kappa shape index (κ2) is 5.50. The zero-order chi connectivity index (χ0) is 13.1. The van der Waals surface area contributed by atoms with Crippen LogP contribution in [0.4, 0.5) is 4.39 Å². The maximum atomic E-state index is 13.2. The van der Waals surface area contributed by atoms with E-state index in [-0.39, 0.29) is 11.9 Å². The summed E-state index contributed by atoms with van der Waals surface area (Å²) in [5.41, 5.74) is 6.75. The Morgan fingerprint density at radius 3 is 2.61 bits per heavy atom. The summed E-state index contributed by atoms with van der Waals surface area (Å²) in [5.74, 6) is 0.730. The first-order chi connectivity index (χ1) is 8.58. The van der Waals surface area contributed by atoms with Gasteiger partial charge in [-0.25, -0.2) is 4.39 Å². The molecule has 2 rings (SSSR count). The molecule has 4 heteroatoms. The van der Waals surface area contributed by atoms with E-state index in [1.165, 1.54) is 12.1 Å². The van der Waals surface area contributed by atoms with Gasteiger partial charge in [0.25, 0.3) is 0 Å². The minimum absolute atomic E-state index is 0.145. The average Bonchev–Trinajstić information content (AvgIpc) is 2.34. The van der Waals surface area contributed by atoms with Crippen molar-refractivity contribution in [2.45, 2.75) is 13.0 Å². The van der Waals surface area contributed by atoms with Crippen molar-refractivity contribution in [1.29, 1.82) is 0 Å². The SMILES string of the molecule is C[C@@H](N)c1ccccc1Oc1cc(F)ccc1Br. The molecule has 2 N–H and O–H groups in total. The molecule has 0 aliphatic heterocycles.